The van der Waals surface area contributed by atoms with Crippen LogP contribution in [0.4, 0.5) is 0 Å². The van der Waals surface area contributed by atoms with Crippen molar-refractivity contribution in [2.45, 2.75) is 92.3 Å². The quantitative estimate of drug-likeness (QED) is 0.764. The molecule has 1 aliphatic heterocycles. The molecule has 1 N–H and O–H groups in total. The first kappa shape index (κ1) is 23.8. The normalized spacial score (nSPS) is 30.6. The Morgan fingerprint density at radius 2 is 1.38 bits per heavy atom. The van der Waals surface area contributed by atoms with Crippen LogP contribution < -0.4 is 0 Å². The van der Waals surface area contributed by atoms with E-state index in [1.807, 2.05) is 20.8 Å². The molecule has 0 aromatic carbocycles. The third kappa shape index (κ3) is 7.36. The Kier molecular flexibility index (Phi) is 12.1. The molecule has 5 nitrogen and oxygen atoms in total. The van der Waals surface area contributed by atoms with Crippen LogP contribution in [0.2, 0.25) is 0 Å². The summed E-state index contributed by atoms with van der Waals surface area (Å²) in [6.07, 6.45) is -0.696. The fourth-order valence-corrected chi connectivity index (χ4v) is 2.75. The molecule has 0 aromatic rings. The molecule has 0 saturated carbocycles. The lowest BCUT2D eigenvalue weighted by atomic mass is 9.80. The Morgan fingerprint density at radius 3 is 1.79 bits per heavy atom. The van der Waals surface area contributed by atoms with Crippen LogP contribution in [0.1, 0.15) is 61.8 Å². The Morgan fingerprint density at radius 1 is 0.875 bits per heavy atom. The van der Waals surface area contributed by atoms with E-state index in [9.17, 15) is 5.11 Å². The molecule has 5 unspecified atom stereocenters. The van der Waals surface area contributed by atoms with Gasteiger partial charge in [0.1, 0.15) is 24.4 Å². The molecule has 1 fully saturated rings. The highest BCUT2D eigenvalue weighted by Gasteiger charge is 2.50. The summed E-state index contributed by atoms with van der Waals surface area (Å²) in [4.78, 5) is 0. The summed E-state index contributed by atoms with van der Waals surface area (Å²) in [5.41, 5.74) is -0.111. The molecule has 1 heterocycles. The Balaban J connectivity index is 0.00000163. The van der Waals surface area contributed by atoms with Gasteiger partial charge in [0.2, 0.25) is 0 Å². The third-order valence-corrected chi connectivity index (χ3v) is 3.72. The number of aliphatic hydroxyl groups is 1. The summed E-state index contributed by atoms with van der Waals surface area (Å²) in [6.45, 7) is 18.5. The Hall–Kier alpha value is -0.200. The molecule has 5 atom stereocenters. The van der Waals surface area contributed by atoms with E-state index in [1.165, 1.54) is 6.42 Å². The maximum atomic E-state index is 10.6. The van der Waals surface area contributed by atoms with Crippen LogP contribution >= 0.6 is 0 Å². The van der Waals surface area contributed by atoms with Crippen molar-refractivity contribution >= 4 is 0 Å². The molecule has 0 spiro atoms. The molecule has 1 aliphatic rings. The van der Waals surface area contributed by atoms with E-state index < -0.39 is 12.2 Å². The van der Waals surface area contributed by atoms with Crippen molar-refractivity contribution in [3.8, 4) is 0 Å². The topological polar surface area (TPSA) is 57.2 Å². The monoisotopic (exact) mass is 348 g/mol. The fraction of sp³-hybridized carbons (Fsp3) is 1.00. The zero-order valence-electron chi connectivity index (χ0n) is 17.0. The first-order valence-corrected chi connectivity index (χ1v) is 9.42. The highest BCUT2D eigenvalue weighted by atomic mass is 16.6. The van der Waals surface area contributed by atoms with Gasteiger partial charge in [-0.25, -0.2) is 0 Å². The largest absolute Gasteiger partial charge is 0.387 e. The molecule has 1 rings (SSSR count). The minimum atomic E-state index is -0.744. The maximum absolute atomic E-state index is 10.6. The van der Waals surface area contributed by atoms with Crippen molar-refractivity contribution in [2.75, 3.05) is 26.4 Å². The van der Waals surface area contributed by atoms with Crippen LogP contribution in [0.5, 0.6) is 0 Å². The summed E-state index contributed by atoms with van der Waals surface area (Å²) in [5, 5.41) is 10.6. The van der Waals surface area contributed by atoms with Gasteiger partial charge in [0.15, 0.2) is 0 Å². The van der Waals surface area contributed by atoms with Crippen molar-refractivity contribution in [1.29, 1.82) is 0 Å². The zero-order valence-corrected chi connectivity index (χ0v) is 17.0. The van der Waals surface area contributed by atoms with Crippen LogP contribution in [0.25, 0.3) is 0 Å². The fourth-order valence-electron chi connectivity index (χ4n) is 2.75. The van der Waals surface area contributed by atoms with E-state index in [1.54, 1.807) is 0 Å². The lowest BCUT2D eigenvalue weighted by molar-refractivity contribution is -0.272. The lowest BCUT2D eigenvalue weighted by Crippen LogP contribution is -2.63. The molecule has 146 valence electrons. The van der Waals surface area contributed by atoms with Gasteiger partial charge in [0.25, 0.3) is 0 Å². The van der Waals surface area contributed by atoms with Gasteiger partial charge >= 0.3 is 0 Å². The molecule has 0 radical (unpaired) electrons. The second-order valence-electron chi connectivity index (χ2n) is 7.16. The second-order valence-corrected chi connectivity index (χ2v) is 7.16. The molecule has 0 bridgehead atoms. The zero-order chi connectivity index (χ0) is 18.8. The van der Waals surface area contributed by atoms with Crippen LogP contribution in [-0.2, 0) is 18.9 Å². The SMILES string of the molecule is CCC.CCOCC1OC(C(C)(C)C)C(OCC)C(OCC)C1O. The average molecular weight is 349 g/mol. The highest BCUT2D eigenvalue weighted by molar-refractivity contribution is 4.98. The van der Waals surface area contributed by atoms with Gasteiger partial charge in [-0.2, -0.15) is 0 Å². The molecule has 0 amide bonds. The summed E-state index contributed by atoms with van der Waals surface area (Å²) < 4.78 is 23.2. The molecule has 5 heteroatoms. The van der Waals surface area contributed by atoms with E-state index in [0.29, 0.717) is 26.4 Å². The molecular formula is C19H40O5. The molecule has 24 heavy (non-hydrogen) atoms. The van der Waals surface area contributed by atoms with Crippen LogP contribution in [0.15, 0.2) is 0 Å². The summed E-state index contributed by atoms with van der Waals surface area (Å²) in [5.74, 6) is 0. The van der Waals surface area contributed by atoms with Gasteiger partial charge in [-0.15, -0.1) is 0 Å². The summed E-state index contributed by atoms with van der Waals surface area (Å²) in [7, 11) is 0. The summed E-state index contributed by atoms with van der Waals surface area (Å²) >= 11 is 0. The van der Waals surface area contributed by atoms with E-state index in [2.05, 4.69) is 34.6 Å². The van der Waals surface area contributed by atoms with Crippen molar-refractivity contribution in [3.05, 3.63) is 0 Å². The number of hydrogen-bond donors (Lipinski definition) is 1. The van der Waals surface area contributed by atoms with Gasteiger partial charge in [-0.05, 0) is 26.2 Å². The van der Waals surface area contributed by atoms with Crippen molar-refractivity contribution < 1.29 is 24.1 Å². The summed E-state index contributed by atoms with van der Waals surface area (Å²) in [6, 6.07) is 0. The molecule has 1 saturated heterocycles. The van der Waals surface area contributed by atoms with E-state index in [0.717, 1.165) is 0 Å². The standard InChI is InChI=1S/C16H32O5.C3H8/c1-7-18-10-11-12(17)13(19-8-2)14(20-9-3)15(21-11)16(4,5)6;1-3-2/h11-15,17H,7-10H2,1-6H3;3H2,1-2H3. The number of hydrogen-bond acceptors (Lipinski definition) is 5. The first-order chi connectivity index (χ1) is 11.3. The van der Waals surface area contributed by atoms with Crippen LogP contribution in [0.3, 0.4) is 0 Å². The van der Waals surface area contributed by atoms with Gasteiger partial charge < -0.3 is 24.1 Å². The van der Waals surface area contributed by atoms with Crippen molar-refractivity contribution in [1.82, 2.24) is 0 Å². The third-order valence-electron chi connectivity index (χ3n) is 3.72. The van der Waals surface area contributed by atoms with Crippen molar-refractivity contribution in [2.24, 2.45) is 5.41 Å². The lowest BCUT2D eigenvalue weighted by Gasteiger charge is -2.48. The van der Waals surface area contributed by atoms with E-state index in [-0.39, 0.29) is 23.7 Å². The maximum Gasteiger partial charge on any atom is 0.115 e. The predicted octanol–water partition coefficient (Wildman–Crippen LogP) is 3.42. The number of aliphatic hydroxyl groups excluding tert-OH is 1. The smallest absolute Gasteiger partial charge is 0.115 e. The van der Waals surface area contributed by atoms with Gasteiger partial charge in [-0.1, -0.05) is 41.0 Å². The first-order valence-electron chi connectivity index (χ1n) is 9.42. The van der Waals surface area contributed by atoms with Gasteiger partial charge in [-0.3, -0.25) is 0 Å². The van der Waals surface area contributed by atoms with E-state index >= 15 is 0 Å². The van der Waals surface area contributed by atoms with Gasteiger partial charge in [0.05, 0.1) is 12.7 Å². The number of rotatable bonds is 7. The second kappa shape index (κ2) is 12.2. The Labute approximate surface area is 149 Å². The highest BCUT2D eigenvalue weighted by Crippen LogP contribution is 2.35. The Bertz CT molecular complexity index is 303. The minimum Gasteiger partial charge on any atom is -0.387 e. The number of ether oxygens (including phenoxy) is 4. The minimum absolute atomic E-state index is 0.111. The van der Waals surface area contributed by atoms with Gasteiger partial charge in [0, 0.05) is 19.8 Å². The van der Waals surface area contributed by atoms with Crippen molar-refractivity contribution in [3.63, 3.8) is 0 Å². The molecular weight excluding hydrogens is 308 g/mol. The van der Waals surface area contributed by atoms with Crippen LogP contribution in [-0.4, -0.2) is 62.1 Å². The predicted molar refractivity (Wildman–Crippen MR) is 97.4 cm³/mol. The van der Waals surface area contributed by atoms with E-state index in [4.69, 9.17) is 18.9 Å². The average Bonchev–Trinajstić information content (AvgIpc) is 2.50. The molecule has 0 aromatic heterocycles. The molecule has 0 aliphatic carbocycles. The van der Waals surface area contributed by atoms with Crippen LogP contribution in [0, 0.1) is 5.41 Å².